The summed E-state index contributed by atoms with van der Waals surface area (Å²) in [7, 11) is 3.51. The van der Waals surface area contributed by atoms with E-state index in [0.29, 0.717) is 12.2 Å². The van der Waals surface area contributed by atoms with E-state index < -0.39 is 12.5 Å². The van der Waals surface area contributed by atoms with Gasteiger partial charge in [-0.05, 0) is 36.7 Å². The standard InChI is InChI=1S/C15H20BrF2N5O/c1-8-11(6-19-22(8)5)7-21(4)15(24)10(3)23-9(2)12(16)13(20-23)14(17)18/h6,10,14H,7H2,1-5H3/t10-/m0/s1. The molecule has 0 spiro atoms. The number of carbonyl (C=O) groups excluding carboxylic acids is 1. The van der Waals surface area contributed by atoms with Crippen LogP contribution in [0.15, 0.2) is 10.7 Å². The number of halogens is 3. The highest BCUT2D eigenvalue weighted by atomic mass is 79.9. The van der Waals surface area contributed by atoms with Crippen LogP contribution in [0.5, 0.6) is 0 Å². The molecule has 132 valence electrons. The Morgan fingerprint density at radius 3 is 2.46 bits per heavy atom. The van der Waals surface area contributed by atoms with Gasteiger partial charge >= 0.3 is 0 Å². The second-order valence-corrected chi connectivity index (χ2v) is 6.57. The van der Waals surface area contributed by atoms with Crippen molar-refractivity contribution in [3.63, 3.8) is 0 Å². The Kier molecular flexibility index (Phi) is 5.42. The van der Waals surface area contributed by atoms with Gasteiger partial charge in [0, 0.05) is 31.9 Å². The largest absolute Gasteiger partial charge is 0.339 e. The van der Waals surface area contributed by atoms with E-state index in [-0.39, 0.29) is 16.1 Å². The first-order valence-corrected chi connectivity index (χ1v) is 8.19. The lowest BCUT2D eigenvalue weighted by molar-refractivity contribution is -0.133. The Labute approximate surface area is 147 Å². The molecule has 0 aromatic carbocycles. The van der Waals surface area contributed by atoms with Crippen molar-refractivity contribution in [2.45, 2.75) is 39.8 Å². The highest BCUT2D eigenvalue weighted by Crippen LogP contribution is 2.30. The average Bonchev–Trinajstić information content (AvgIpc) is 3.00. The normalized spacial score (nSPS) is 12.7. The first-order valence-electron chi connectivity index (χ1n) is 7.40. The molecular weight excluding hydrogens is 384 g/mol. The Bertz CT molecular complexity index is 755. The lowest BCUT2D eigenvalue weighted by atomic mass is 10.2. The van der Waals surface area contributed by atoms with Crippen molar-refractivity contribution in [3.8, 4) is 0 Å². The molecule has 9 heteroatoms. The minimum atomic E-state index is -2.70. The number of aromatic nitrogens is 4. The van der Waals surface area contributed by atoms with Crippen LogP contribution in [0.4, 0.5) is 8.78 Å². The molecule has 2 rings (SSSR count). The van der Waals surface area contributed by atoms with Gasteiger partial charge in [0.15, 0.2) is 0 Å². The highest BCUT2D eigenvalue weighted by Gasteiger charge is 2.27. The Morgan fingerprint density at radius 1 is 1.38 bits per heavy atom. The highest BCUT2D eigenvalue weighted by molar-refractivity contribution is 9.10. The van der Waals surface area contributed by atoms with Crippen LogP contribution in [0.1, 0.15) is 42.0 Å². The molecule has 0 fully saturated rings. The summed E-state index contributed by atoms with van der Waals surface area (Å²) < 4.78 is 29.2. The maximum atomic E-state index is 13.0. The minimum absolute atomic E-state index is 0.211. The summed E-state index contributed by atoms with van der Waals surface area (Å²) in [6.07, 6.45) is -0.980. The third-order valence-corrected chi connectivity index (χ3v) is 5.13. The lowest BCUT2D eigenvalue weighted by Gasteiger charge is -2.22. The number of rotatable bonds is 5. The number of likely N-dealkylation sites (N-methyl/N-ethyl adjacent to an activating group) is 1. The van der Waals surface area contributed by atoms with Gasteiger partial charge in [0.05, 0.1) is 16.4 Å². The first-order chi connectivity index (χ1) is 11.1. The molecular formula is C15H20BrF2N5O. The van der Waals surface area contributed by atoms with Crippen molar-refractivity contribution in [2.75, 3.05) is 7.05 Å². The second kappa shape index (κ2) is 7.00. The van der Waals surface area contributed by atoms with E-state index in [1.165, 1.54) is 4.68 Å². The summed E-state index contributed by atoms with van der Waals surface area (Å²) >= 11 is 3.12. The number of nitrogens with zero attached hydrogens (tertiary/aromatic N) is 5. The molecule has 6 nitrogen and oxygen atoms in total. The maximum absolute atomic E-state index is 13.0. The molecule has 0 aliphatic heterocycles. The second-order valence-electron chi connectivity index (χ2n) is 5.78. The van der Waals surface area contributed by atoms with Gasteiger partial charge in [-0.1, -0.05) is 0 Å². The number of amides is 1. The van der Waals surface area contributed by atoms with Crippen LogP contribution in [0.2, 0.25) is 0 Å². The summed E-state index contributed by atoms with van der Waals surface area (Å²) in [6, 6.07) is -0.684. The summed E-state index contributed by atoms with van der Waals surface area (Å²) in [5, 5.41) is 8.05. The van der Waals surface area contributed by atoms with Crippen LogP contribution >= 0.6 is 15.9 Å². The minimum Gasteiger partial charge on any atom is -0.339 e. The van der Waals surface area contributed by atoms with Crippen LogP contribution in [-0.2, 0) is 18.4 Å². The molecule has 24 heavy (non-hydrogen) atoms. The van der Waals surface area contributed by atoms with Crippen molar-refractivity contribution in [3.05, 3.63) is 33.3 Å². The smallest absolute Gasteiger partial charge is 0.283 e. The zero-order valence-electron chi connectivity index (χ0n) is 14.2. The molecule has 2 aromatic rings. The third kappa shape index (κ3) is 3.35. The molecule has 0 radical (unpaired) electrons. The molecule has 0 N–H and O–H groups in total. The van der Waals surface area contributed by atoms with Crippen LogP contribution in [0.3, 0.4) is 0 Å². The number of carbonyl (C=O) groups is 1. The zero-order chi connectivity index (χ0) is 18.2. The number of hydrogen-bond acceptors (Lipinski definition) is 3. The number of alkyl halides is 2. The molecule has 0 aliphatic carbocycles. The SMILES string of the molecule is Cc1c(CN(C)C(=O)[C@H](C)n2nc(C(F)F)c(Br)c2C)cnn1C. The van der Waals surface area contributed by atoms with Gasteiger partial charge < -0.3 is 4.90 Å². The topological polar surface area (TPSA) is 56.0 Å². The van der Waals surface area contributed by atoms with E-state index in [1.54, 1.807) is 36.7 Å². The zero-order valence-corrected chi connectivity index (χ0v) is 15.8. The molecule has 0 saturated carbocycles. The first kappa shape index (κ1) is 18.6. The lowest BCUT2D eigenvalue weighted by Crippen LogP contribution is -2.33. The van der Waals surface area contributed by atoms with Crippen molar-refractivity contribution in [1.82, 2.24) is 24.5 Å². The fraction of sp³-hybridized carbons (Fsp3) is 0.533. The van der Waals surface area contributed by atoms with Crippen molar-refractivity contribution >= 4 is 21.8 Å². The van der Waals surface area contributed by atoms with Gasteiger partial charge in [-0.2, -0.15) is 10.2 Å². The Morgan fingerprint density at radius 2 is 2.00 bits per heavy atom. The summed E-state index contributed by atoms with van der Waals surface area (Å²) in [4.78, 5) is 14.2. The molecule has 0 bridgehead atoms. The predicted molar refractivity (Wildman–Crippen MR) is 88.8 cm³/mol. The van der Waals surface area contributed by atoms with E-state index in [0.717, 1.165) is 11.3 Å². The van der Waals surface area contributed by atoms with Gasteiger partial charge in [-0.25, -0.2) is 8.78 Å². The van der Waals surface area contributed by atoms with Crippen LogP contribution in [-0.4, -0.2) is 37.4 Å². The summed E-state index contributed by atoms with van der Waals surface area (Å²) in [5.41, 5.74) is 2.06. The molecule has 2 heterocycles. The van der Waals surface area contributed by atoms with E-state index in [1.807, 2.05) is 14.0 Å². The van der Waals surface area contributed by atoms with Crippen molar-refractivity contribution in [1.29, 1.82) is 0 Å². The van der Waals surface area contributed by atoms with Gasteiger partial charge in [0.1, 0.15) is 11.7 Å². The molecule has 0 saturated heterocycles. The van der Waals surface area contributed by atoms with Gasteiger partial charge in [-0.3, -0.25) is 14.2 Å². The number of hydrogen-bond donors (Lipinski definition) is 0. The molecule has 1 atom stereocenters. The van der Waals surface area contributed by atoms with Crippen molar-refractivity contribution in [2.24, 2.45) is 7.05 Å². The summed E-state index contributed by atoms with van der Waals surface area (Å²) in [6.45, 7) is 5.62. The fourth-order valence-corrected chi connectivity index (χ4v) is 2.93. The van der Waals surface area contributed by atoms with E-state index in [4.69, 9.17) is 0 Å². The van der Waals surface area contributed by atoms with Crippen LogP contribution in [0, 0.1) is 13.8 Å². The van der Waals surface area contributed by atoms with Crippen molar-refractivity contribution < 1.29 is 13.6 Å². The summed E-state index contributed by atoms with van der Waals surface area (Å²) in [5.74, 6) is -0.211. The van der Waals surface area contributed by atoms with Gasteiger partial charge in [0.25, 0.3) is 6.43 Å². The number of aryl methyl sites for hydroxylation is 1. The van der Waals surface area contributed by atoms with Crippen LogP contribution in [0.25, 0.3) is 0 Å². The monoisotopic (exact) mass is 403 g/mol. The van der Waals surface area contributed by atoms with E-state index in [2.05, 4.69) is 26.1 Å². The molecule has 1 amide bonds. The van der Waals surface area contributed by atoms with Gasteiger partial charge in [-0.15, -0.1) is 0 Å². The molecule has 0 aliphatic rings. The molecule has 2 aromatic heterocycles. The average molecular weight is 404 g/mol. The maximum Gasteiger partial charge on any atom is 0.283 e. The Hall–Kier alpha value is -1.77. The predicted octanol–water partition coefficient (Wildman–Crippen LogP) is 3.15. The van der Waals surface area contributed by atoms with E-state index in [9.17, 15) is 13.6 Å². The Balaban J connectivity index is 2.20. The van der Waals surface area contributed by atoms with Gasteiger partial charge in [0.2, 0.25) is 5.91 Å². The molecule has 0 unspecified atom stereocenters. The quantitative estimate of drug-likeness (QED) is 0.770. The third-order valence-electron chi connectivity index (χ3n) is 4.15. The fourth-order valence-electron chi connectivity index (χ4n) is 2.49. The van der Waals surface area contributed by atoms with E-state index >= 15 is 0 Å². The van der Waals surface area contributed by atoms with Crippen LogP contribution < -0.4 is 0 Å².